The van der Waals surface area contributed by atoms with Crippen molar-refractivity contribution < 1.29 is 9.66 Å². The van der Waals surface area contributed by atoms with Crippen molar-refractivity contribution >= 4 is 23.3 Å². The van der Waals surface area contributed by atoms with Gasteiger partial charge in [-0.3, -0.25) is 10.1 Å². The summed E-state index contributed by atoms with van der Waals surface area (Å²) in [6.07, 6.45) is 2.13. The maximum absolute atomic E-state index is 11.4. The first-order chi connectivity index (χ1) is 11.1. The lowest BCUT2D eigenvalue weighted by Crippen LogP contribution is -2.38. The van der Waals surface area contributed by atoms with E-state index in [0.717, 1.165) is 25.9 Å². The van der Waals surface area contributed by atoms with Gasteiger partial charge in [-0.25, -0.2) is 0 Å². The number of anilines is 3. The normalized spacial score (nSPS) is 19.9. The molecular formula is C14H22N6O3. The van der Waals surface area contributed by atoms with E-state index in [4.69, 9.17) is 10.5 Å². The first kappa shape index (κ1) is 15.7. The molecule has 2 aliphatic rings. The number of piperidine rings is 1. The Bertz CT molecular complexity index is 582. The number of nitro groups is 1. The van der Waals surface area contributed by atoms with Gasteiger partial charge in [-0.15, -0.1) is 0 Å². The second kappa shape index (κ2) is 6.53. The number of ether oxygens (including phenoxy) is 1. The van der Waals surface area contributed by atoms with E-state index in [-0.39, 0.29) is 11.5 Å². The van der Waals surface area contributed by atoms with Gasteiger partial charge in [0.2, 0.25) is 17.6 Å². The molecule has 0 bridgehead atoms. The second-order valence-electron chi connectivity index (χ2n) is 6.11. The summed E-state index contributed by atoms with van der Waals surface area (Å²) in [4.78, 5) is 23.5. The number of rotatable bonds is 3. The summed E-state index contributed by atoms with van der Waals surface area (Å²) < 4.78 is 5.31. The van der Waals surface area contributed by atoms with E-state index in [9.17, 15) is 10.1 Å². The minimum absolute atomic E-state index is 0.0693. The lowest BCUT2D eigenvalue weighted by molar-refractivity contribution is -0.383. The van der Waals surface area contributed by atoms with Crippen molar-refractivity contribution in [1.82, 2.24) is 9.97 Å². The van der Waals surface area contributed by atoms with Gasteiger partial charge < -0.3 is 20.3 Å². The predicted octanol–water partition coefficient (Wildman–Crippen LogP) is 1.04. The third-order valence-corrected chi connectivity index (χ3v) is 4.44. The molecule has 3 heterocycles. The topological polar surface area (TPSA) is 111 Å². The Hall–Kier alpha value is -2.16. The molecule has 2 aliphatic heterocycles. The van der Waals surface area contributed by atoms with Gasteiger partial charge in [0.05, 0.1) is 18.1 Å². The zero-order chi connectivity index (χ0) is 16.4. The molecule has 2 N–H and O–H groups in total. The van der Waals surface area contributed by atoms with Crippen LogP contribution in [0.15, 0.2) is 0 Å². The molecule has 126 valence electrons. The van der Waals surface area contributed by atoms with Gasteiger partial charge in [-0.2, -0.15) is 9.97 Å². The third kappa shape index (κ3) is 3.29. The Morgan fingerprint density at radius 3 is 2.43 bits per heavy atom. The molecular weight excluding hydrogens is 300 g/mol. The van der Waals surface area contributed by atoms with Crippen molar-refractivity contribution in [2.24, 2.45) is 5.92 Å². The van der Waals surface area contributed by atoms with Gasteiger partial charge >= 0.3 is 5.69 Å². The van der Waals surface area contributed by atoms with Crippen LogP contribution in [-0.2, 0) is 4.74 Å². The summed E-state index contributed by atoms with van der Waals surface area (Å²) in [6.45, 7) is 6.10. The van der Waals surface area contributed by atoms with Crippen LogP contribution in [-0.4, -0.2) is 54.3 Å². The Morgan fingerprint density at radius 2 is 1.83 bits per heavy atom. The van der Waals surface area contributed by atoms with Crippen LogP contribution in [0.2, 0.25) is 0 Å². The average molecular weight is 322 g/mol. The molecule has 0 unspecified atom stereocenters. The number of morpholine rings is 1. The lowest BCUT2D eigenvalue weighted by Gasteiger charge is -2.32. The van der Waals surface area contributed by atoms with E-state index in [1.807, 2.05) is 4.90 Å². The lowest BCUT2D eigenvalue weighted by atomic mass is 10.00. The van der Waals surface area contributed by atoms with Crippen molar-refractivity contribution in [2.75, 3.05) is 54.9 Å². The van der Waals surface area contributed by atoms with Crippen LogP contribution < -0.4 is 15.5 Å². The van der Waals surface area contributed by atoms with Gasteiger partial charge in [0.15, 0.2) is 0 Å². The summed E-state index contributed by atoms with van der Waals surface area (Å²) in [5, 5.41) is 11.4. The standard InChI is InChI=1S/C14H22N6O3/c1-10-2-4-19(5-3-10)14-16-12(15)11(20(21)22)13(17-14)18-6-8-23-9-7-18/h10H,2-9H2,1H3,(H2,15,16,17). The van der Waals surface area contributed by atoms with Gasteiger partial charge in [-0.1, -0.05) is 6.92 Å². The van der Waals surface area contributed by atoms with E-state index in [0.29, 0.717) is 44.0 Å². The number of nitrogens with zero attached hydrogens (tertiary/aromatic N) is 5. The molecule has 0 amide bonds. The summed E-state index contributed by atoms with van der Waals surface area (Å²) in [6, 6.07) is 0. The summed E-state index contributed by atoms with van der Waals surface area (Å²) in [5.74, 6) is 1.40. The zero-order valence-electron chi connectivity index (χ0n) is 13.3. The maximum atomic E-state index is 11.4. The average Bonchev–Trinajstić information content (AvgIpc) is 2.55. The van der Waals surface area contributed by atoms with Gasteiger partial charge in [0.1, 0.15) is 0 Å². The number of hydrogen-bond acceptors (Lipinski definition) is 8. The van der Waals surface area contributed by atoms with Crippen LogP contribution in [0.5, 0.6) is 0 Å². The predicted molar refractivity (Wildman–Crippen MR) is 86.7 cm³/mol. The molecule has 1 aromatic heterocycles. The minimum Gasteiger partial charge on any atom is -0.378 e. The molecule has 3 rings (SSSR count). The first-order valence-electron chi connectivity index (χ1n) is 7.96. The maximum Gasteiger partial charge on any atom is 0.353 e. The molecule has 9 nitrogen and oxygen atoms in total. The van der Waals surface area contributed by atoms with Gasteiger partial charge in [0.25, 0.3) is 0 Å². The molecule has 9 heteroatoms. The first-order valence-corrected chi connectivity index (χ1v) is 7.96. The van der Waals surface area contributed by atoms with Crippen LogP contribution in [0.3, 0.4) is 0 Å². The molecule has 2 fully saturated rings. The smallest absolute Gasteiger partial charge is 0.353 e. The fourth-order valence-corrected chi connectivity index (χ4v) is 2.97. The van der Waals surface area contributed by atoms with Crippen molar-refractivity contribution in [1.29, 1.82) is 0 Å². The Balaban J connectivity index is 1.95. The number of hydrogen-bond donors (Lipinski definition) is 1. The quantitative estimate of drug-likeness (QED) is 0.649. The molecule has 0 aromatic carbocycles. The van der Waals surface area contributed by atoms with Gasteiger partial charge in [0, 0.05) is 26.2 Å². The van der Waals surface area contributed by atoms with Crippen LogP contribution in [0, 0.1) is 16.0 Å². The SMILES string of the molecule is CC1CCN(c2nc(N)c([N+](=O)[O-])c(N3CCOCC3)n2)CC1. The van der Waals surface area contributed by atoms with Crippen LogP contribution in [0.25, 0.3) is 0 Å². The van der Waals surface area contributed by atoms with Crippen LogP contribution >= 0.6 is 0 Å². The molecule has 2 saturated heterocycles. The van der Waals surface area contributed by atoms with E-state index in [1.165, 1.54) is 0 Å². The fourth-order valence-electron chi connectivity index (χ4n) is 2.97. The van der Waals surface area contributed by atoms with Crippen molar-refractivity contribution in [3.05, 3.63) is 10.1 Å². The van der Waals surface area contributed by atoms with Crippen LogP contribution in [0.4, 0.5) is 23.3 Å². The van der Waals surface area contributed by atoms with Crippen molar-refractivity contribution in [3.8, 4) is 0 Å². The monoisotopic (exact) mass is 322 g/mol. The van der Waals surface area contributed by atoms with E-state index in [1.54, 1.807) is 0 Å². The number of nitrogen functional groups attached to an aromatic ring is 1. The van der Waals surface area contributed by atoms with Crippen molar-refractivity contribution in [2.45, 2.75) is 19.8 Å². The van der Waals surface area contributed by atoms with Crippen LogP contribution in [0.1, 0.15) is 19.8 Å². The molecule has 0 radical (unpaired) electrons. The fraction of sp³-hybridized carbons (Fsp3) is 0.714. The molecule has 1 aromatic rings. The molecule has 23 heavy (non-hydrogen) atoms. The summed E-state index contributed by atoms with van der Waals surface area (Å²) in [7, 11) is 0. The molecule has 0 saturated carbocycles. The highest BCUT2D eigenvalue weighted by Crippen LogP contribution is 2.34. The Labute approximate surface area is 134 Å². The Morgan fingerprint density at radius 1 is 1.17 bits per heavy atom. The highest BCUT2D eigenvalue weighted by Gasteiger charge is 2.30. The van der Waals surface area contributed by atoms with E-state index < -0.39 is 4.92 Å². The zero-order valence-corrected chi connectivity index (χ0v) is 13.3. The second-order valence-corrected chi connectivity index (χ2v) is 6.11. The Kier molecular flexibility index (Phi) is 4.46. The minimum atomic E-state index is -0.498. The summed E-state index contributed by atoms with van der Waals surface area (Å²) >= 11 is 0. The summed E-state index contributed by atoms with van der Waals surface area (Å²) in [5.41, 5.74) is 5.68. The highest BCUT2D eigenvalue weighted by molar-refractivity contribution is 5.71. The molecule has 0 atom stereocenters. The van der Waals surface area contributed by atoms with E-state index >= 15 is 0 Å². The third-order valence-electron chi connectivity index (χ3n) is 4.44. The highest BCUT2D eigenvalue weighted by atomic mass is 16.6. The van der Waals surface area contributed by atoms with Crippen molar-refractivity contribution in [3.63, 3.8) is 0 Å². The number of aromatic nitrogens is 2. The molecule has 0 spiro atoms. The van der Waals surface area contributed by atoms with E-state index in [2.05, 4.69) is 21.8 Å². The largest absolute Gasteiger partial charge is 0.378 e. The molecule has 0 aliphatic carbocycles. The van der Waals surface area contributed by atoms with Gasteiger partial charge in [-0.05, 0) is 18.8 Å². The number of nitrogens with two attached hydrogens (primary N) is 1.